The van der Waals surface area contributed by atoms with E-state index in [-0.39, 0.29) is 23.2 Å². The molecule has 0 spiro atoms. The molecule has 1 amide bonds. The summed E-state index contributed by atoms with van der Waals surface area (Å²) >= 11 is 1.00. The molecule has 264 valence electrons. The minimum atomic E-state index is -5.08. The van der Waals surface area contributed by atoms with Crippen molar-refractivity contribution in [2.75, 3.05) is 32.2 Å². The van der Waals surface area contributed by atoms with Crippen LogP contribution in [0.25, 0.3) is 22.3 Å². The molecule has 0 bridgehead atoms. The summed E-state index contributed by atoms with van der Waals surface area (Å²) in [7, 11) is 2.83. The molecule has 2 saturated heterocycles. The van der Waals surface area contributed by atoms with Gasteiger partial charge < -0.3 is 24.2 Å². The fourth-order valence-electron chi connectivity index (χ4n) is 6.02. The number of hydrogen-bond donors (Lipinski definition) is 1. The Bertz CT molecular complexity index is 1930. The lowest BCUT2D eigenvalue weighted by Gasteiger charge is -2.33. The van der Waals surface area contributed by atoms with Crippen LogP contribution in [0.5, 0.6) is 11.5 Å². The second-order valence-corrected chi connectivity index (χ2v) is 12.6. The molecule has 1 N–H and O–H groups in total. The molecule has 6 rings (SSSR count). The lowest BCUT2D eigenvalue weighted by atomic mass is 9.96. The van der Waals surface area contributed by atoms with Gasteiger partial charge >= 0.3 is 24.4 Å². The maximum atomic E-state index is 13.6. The van der Waals surface area contributed by atoms with Crippen LogP contribution in [0.1, 0.15) is 51.5 Å². The van der Waals surface area contributed by atoms with Crippen molar-refractivity contribution >= 4 is 29.2 Å². The maximum absolute atomic E-state index is 13.6. The number of thiophene rings is 1. The summed E-state index contributed by atoms with van der Waals surface area (Å²) in [6.07, 6.45) is -11.6. The average Bonchev–Trinajstić information content (AvgIpc) is 3.60. The highest BCUT2D eigenvalue weighted by atomic mass is 32.1. The summed E-state index contributed by atoms with van der Waals surface area (Å²) in [5, 5.41) is 11.3. The van der Waals surface area contributed by atoms with Crippen LogP contribution in [0.15, 0.2) is 53.9 Å². The molecular formula is C34H29F6N3O6S. The monoisotopic (exact) mass is 721 g/mol. The Morgan fingerprint density at radius 3 is 2.20 bits per heavy atom. The summed E-state index contributed by atoms with van der Waals surface area (Å²) < 4.78 is 98.4. The van der Waals surface area contributed by atoms with E-state index in [1.54, 1.807) is 35.7 Å². The number of rotatable bonds is 9. The zero-order valence-electron chi connectivity index (χ0n) is 26.7. The Hall–Kier alpha value is -4.99. The number of cyclic esters (lactones) is 1. The van der Waals surface area contributed by atoms with Gasteiger partial charge in [-0.3, -0.25) is 4.90 Å². The quantitative estimate of drug-likeness (QED) is 0.172. The molecule has 0 saturated carbocycles. The summed E-state index contributed by atoms with van der Waals surface area (Å²) in [4.78, 5) is 33.2. The number of nitrogens with zero attached hydrogens (tertiary/aromatic N) is 3. The van der Waals surface area contributed by atoms with E-state index >= 15 is 0 Å². The van der Waals surface area contributed by atoms with Gasteiger partial charge in [0.05, 0.1) is 43.6 Å². The van der Waals surface area contributed by atoms with Crippen LogP contribution in [0.2, 0.25) is 0 Å². The predicted octanol–water partition coefficient (Wildman–Crippen LogP) is 8.52. The first kappa shape index (κ1) is 34.9. The molecule has 0 aliphatic carbocycles. The zero-order chi connectivity index (χ0) is 36.1. The van der Waals surface area contributed by atoms with Crippen LogP contribution in [0.4, 0.5) is 37.0 Å². The number of halogens is 6. The van der Waals surface area contributed by atoms with Crippen LogP contribution in [0, 0.1) is 0 Å². The minimum absolute atomic E-state index is 0.0142. The molecular weight excluding hydrogens is 692 g/mol. The Balaban J connectivity index is 1.41. The van der Waals surface area contributed by atoms with Gasteiger partial charge in [0.25, 0.3) is 0 Å². The van der Waals surface area contributed by atoms with Gasteiger partial charge in [0.15, 0.2) is 10.6 Å². The average molecular weight is 722 g/mol. The van der Waals surface area contributed by atoms with Gasteiger partial charge in [-0.1, -0.05) is 6.07 Å². The van der Waals surface area contributed by atoms with Crippen molar-refractivity contribution in [1.29, 1.82) is 0 Å². The van der Waals surface area contributed by atoms with E-state index in [1.807, 2.05) is 4.90 Å². The van der Waals surface area contributed by atoms with Crippen molar-refractivity contribution in [3.8, 4) is 33.8 Å². The number of methoxy groups -OCH3 is 2. The highest BCUT2D eigenvalue weighted by molar-refractivity contribution is 7.12. The van der Waals surface area contributed by atoms with Crippen molar-refractivity contribution in [3.05, 3.63) is 81.2 Å². The Kier molecular flexibility index (Phi) is 9.09. The number of hydrogen-bond acceptors (Lipinski definition) is 8. The van der Waals surface area contributed by atoms with Crippen LogP contribution in [-0.4, -0.2) is 60.4 Å². The Labute approximate surface area is 285 Å². The van der Waals surface area contributed by atoms with Gasteiger partial charge in [-0.25, -0.2) is 14.6 Å². The van der Waals surface area contributed by atoms with E-state index < -0.39 is 53.3 Å². The van der Waals surface area contributed by atoms with Gasteiger partial charge in [-0.2, -0.15) is 26.3 Å². The summed E-state index contributed by atoms with van der Waals surface area (Å²) in [5.74, 6) is 0.0533. The number of pyridine rings is 1. The number of alkyl halides is 6. The lowest BCUT2D eigenvalue weighted by Crippen LogP contribution is -2.38. The molecule has 0 unspecified atom stereocenters. The number of amides is 1. The van der Waals surface area contributed by atoms with Gasteiger partial charge in [-0.15, -0.1) is 11.3 Å². The highest BCUT2D eigenvalue weighted by Crippen LogP contribution is 2.44. The number of carboxylic acids is 1. The van der Waals surface area contributed by atoms with Crippen molar-refractivity contribution in [2.24, 2.45) is 0 Å². The van der Waals surface area contributed by atoms with Crippen LogP contribution in [0.3, 0.4) is 0 Å². The topological polar surface area (TPSA) is 101 Å². The van der Waals surface area contributed by atoms with Gasteiger partial charge in [-0.05, 0) is 66.9 Å². The van der Waals surface area contributed by atoms with Crippen LogP contribution >= 0.6 is 11.3 Å². The molecule has 4 heterocycles. The summed E-state index contributed by atoms with van der Waals surface area (Å²) in [5.41, 5.74) is -0.960. The molecule has 2 atom stereocenters. The van der Waals surface area contributed by atoms with E-state index in [2.05, 4.69) is 0 Å². The molecule has 2 aliphatic rings. The number of carboxylic acid groups (broad SMARTS) is 1. The fourth-order valence-corrected chi connectivity index (χ4v) is 6.90. The third kappa shape index (κ3) is 6.51. The first-order valence-corrected chi connectivity index (χ1v) is 16.1. The molecule has 2 fully saturated rings. The number of aromatic nitrogens is 1. The van der Waals surface area contributed by atoms with Crippen LogP contribution in [-0.2, 0) is 23.6 Å². The van der Waals surface area contributed by atoms with E-state index in [0.717, 1.165) is 30.8 Å². The Morgan fingerprint density at radius 1 is 0.960 bits per heavy atom. The number of benzene rings is 2. The van der Waals surface area contributed by atoms with E-state index in [4.69, 9.17) is 19.2 Å². The molecule has 50 heavy (non-hydrogen) atoms. The molecule has 4 aromatic rings. The number of aromatic carboxylic acids is 1. The molecule has 9 nitrogen and oxygen atoms in total. The largest absolute Gasteiger partial charge is 0.496 e. The van der Waals surface area contributed by atoms with Crippen molar-refractivity contribution in [1.82, 2.24) is 9.88 Å². The SMILES string of the molecule is COc1ccc(-c2csc(C(=O)O)c2OC)cc1-c1ccc(N2CCC2)nc1CN1C(=O)O[C@H](c2cc(C(F)(F)F)cc(C(F)(F)F)c2)[C@@H]1C. The fraction of sp³-hybridized carbons (Fsp3) is 0.324. The van der Waals surface area contributed by atoms with Crippen molar-refractivity contribution < 1.29 is 55.2 Å². The second kappa shape index (κ2) is 13.0. The standard InChI is InChI=1S/C34H29F6N3O6S/c1-17-28(19-11-20(33(35,36)37)14-21(12-19)34(38,39)40)49-32(46)43(17)15-25-22(6-8-27(41-25)42-9-4-10-42)23-13-18(5-7-26(23)47-2)24-16-50-30(31(44)45)29(24)48-3/h5-8,11-14,16-17,28H,4,9-10,15H2,1-3H3,(H,44,45)/t17-,28-/m0/s1. The third-order valence-corrected chi connectivity index (χ3v) is 9.68. The maximum Gasteiger partial charge on any atom is 0.416 e. The van der Waals surface area contributed by atoms with Gasteiger partial charge in [0.2, 0.25) is 0 Å². The highest BCUT2D eigenvalue weighted by Gasteiger charge is 2.43. The van der Waals surface area contributed by atoms with Gasteiger partial charge in [0.1, 0.15) is 17.7 Å². The Morgan fingerprint density at radius 2 is 1.64 bits per heavy atom. The number of carbonyl (C=O) groups is 2. The smallest absolute Gasteiger partial charge is 0.416 e. The summed E-state index contributed by atoms with van der Waals surface area (Å²) in [6.45, 7) is 2.76. The first-order chi connectivity index (χ1) is 23.6. The third-order valence-electron chi connectivity index (χ3n) is 8.73. The first-order valence-electron chi connectivity index (χ1n) is 15.2. The van der Waals surface area contributed by atoms with Crippen LogP contribution < -0.4 is 14.4 Å². The zero-order valence-corrected chi connectivity index (χ0v) is 27.5. The molecule has 0 radical (unpaired) electrons. The number of anilines is 1. The normalized spacial score (nSPS) is 17.8. The molecule has 2 aromatic heterocycles. The molecule has 2 aromatic carbocycles. The lowest BCUT2D eigenvalue weighted by molar-refractivity contribution is -0.143. The van der Waals surface area contributed by atoms with Crippen molar-refractivity contribution in [2.45, 2.75) is 44.4 Å². The molecule has 2 aliphatic heterocycles. The number of carbonyl (C=O) groups excluding carboxylic acids is 1. The number of ether oxygens (including phenoxy) is 3. The second-order valence-electron chi connectivity index (χ2n) is 11.7. The minimum Gasteiger partial charge on any atom is -0.496 e. The van der Waals surface area contributed by atoms with Crippen molar-refractivity contribution in [3.63, 3.8) is 0 Å². The predicted molar refractivity (Wildman–Crippen MR) is 171 cm³/mol. The van der Waals surface area contributed by atoms with Gasteiger partial charge in [0, 0.05) is 35.2 Å². The van der Waals surface area contributed by atoms with E-state index in [1.165, 1.54) is 26.0 Å². The summed E-state index contributed by atoms with van der Waals surface area (Å²) in [6, 6.07) is 8.92. The molecule has 16 heteroatoms. The van der Waals surface area contributed by atoms with E-state index in [0.29, 0.717) is 51.6 Å². The van der Waals surface area contributed by atoms with E-state index in [9.17, 15) is 41.0 Å².